The summed E-state index contributed by atoms with van der Waals surface area (Å²) in [6.07, 6.45) is 0. The first-order valence-electron chi connectivity index (χ1n) is 2.62. The van der Waals surface area contributed by atoms with E-state index in [0.29, 0.717) is 0 Å². The van der Waals surface area contributed by atoms with Crippen molar-refractivity contribution in [3.05, 3.63) is 28.7 Å². The Bertz CT molecular complexity index is 185. The normalized spacial score (nSPS) is 8.20. The van der Waals surface area contributed by atoms with Crippen molar-refractivity contribution in [3.8, 4) is 5.75 Å². The number of methoxy groups -OCH3 is 1. The van der Waals surface area contributed by atoms with Crippen LogP contribution in [0.5, 0.6) is 5.75 Å². The fourth-order valence-electron chi connectivity index (χ4n) is 0.571. The highest BCUT2D eigenvalue weighted by Gasteiger charge is 1.86. The molecule has 0 aromatic heterocycles. The van der Waals surface area contributed by atoms with E-state index in [1.54, 1.807) is 7.11 Å². The second kappa shape index (κ2) is 4.58. The van der Waals surface area contributed by atoms with Crippen LogP contribution in [0.15, 0.2) is 28.7 Å². The van der Waals surface area contributed by atoms with Gasteiger partial charge in [-0.2, -0.15) is 0 Å². The van der Waals surface area contributed by atoms with Crippen LogP contribution in [0.2, 0.25) is 0 Å². The van der Waals surface area contributed by atoms with Crippen LogP contribution in [-0.2, 0) is 0 Å². The van der Waals surface area contributed by atoms with Crippen LogP contribution in [0.1, 0.15) is 0 Å². The highest BCUT2D eigenvalue weighted by molar-refractivity contribution is 9.10. The number of benzene rings is 1. The molecule has 0 fully saturated rings. The van der Waals surface area contributed by atoms with Gasteiger partial charge in [0, 0.05) is 4.47 Å². The molecule has 3 heteroatoms. The molecule has 0 atom stereocenters. The van der Waals surface area contributed by atoms with Gasteiger partial charge in [0.25, 0.3) is 0 Å². The van der Waals surface area contributed by atoms with Gasteiger partial charge in [-0.1, -0.05) is 15.9 Å². The summed E-state index contributed by atoms with van der Waals surface area (Å²) in [6.45, 7) is 0. The Morgan fingerprint density at radius 3 is 2.10 bits per heavy atom. The molecule has 1 aromatic rings. The molecule has 1 nitrogen and oxygen atoms in total. The molecule has 0 aliphatic carbocycles. The van der Waals surface area contributed by atoms with Crippen molar-refractivity contribution in [2.24, 2.45) is 0 Å². The fraction of sp³-hybridized carbons (Fsp3) is 0.143. The molecule has 0 bridgehead atoms. The van der Waals surface area contributed by atoms with E-state index in [-0.39, 0.29) is 12.4 Å². The maximum absolute atomic E-state index is 4.95. The van der Waals surface area contributed by atoms with Crippen molar-refractivity contribution in [3.63, 3.8) is 0 Å². The molecule has 0 heterocycles. The summed E-state index contributed by atoms with van der Waals surface area (Å²) in [5.41, 5.74) is 0. The summed E-state index contributed by atoms with van der Waals surface area (Å²) in [4.78, 5) is 0. The average molecular weight is 223 g/mol. The smallest absolute Gasteiger partial charge is 0.118 e. The molecule has 1 aromatic carbocycles. The third-order valence-electron chi connectivity index (χ3n) is 1.05. The fourth-order valence-corrected chi connectivity index (χ4v) is 0.835. The zero-order chi connectivity index (χ0) is 6.69. The lowest BCUT2D eigenvalue weighted by atomic mass is 10.3. The largest absolute Gasteiger partial charge is 0.497 e. The highest BCUT2D eigenvalue weighted by atomic mass is 79.9. The van der Waals surface area contributed by atoms with E-state index in [0.717, 1.165) is 10.2 Å². The van der Waals surface area contributed by atoms with Crippen LogP contribution < -0.4 is 4.74 Å². The van der Waals surface area contributed by atoms with Gasteiger partial charge >= 0.3 is 0 Å². The maximum Gasteiger partial charge on any atom is 0.118 e. The first-order valence-corrected chi connectivity index (χ1v) is 3.42. The molecule has 0 spiro atoms. The SMILES string of the molecule is COc1ccc(Br)cc1.Cl. The van der Waals surface area contributed by atoms with Gasteiger partial charge in [-0.3, -0.25) is 0 Å². The van der Waals surface area contributed by atoms with Crippen LogP contribution in [0.25, 0.3) is 0 Å². The molecular weight excluding hydrogens is 215 g/mol. The van der Waals surface area contributed by atoms with E-state index >= 15 is 0 Å². The zero-order valence-corrected chi connectivity index (χ0v) is 7.91. The summed E-state index contributed by atoms with van der Waals surface area (Å²) in [5, 5.41) is 0. The van der Waals surface area contributed by atoms with Crippen molar-refractivity contribution in [2.45, 2.75) is 0 Å². The topological polar surface area (TPSA) is 9.23 Å². The Hall–Kier alpha value is -0.210. The Labute approximate surface area is 74.9 Å². The van der Waals surface area contributed by atoms with E-state index in [4.69, 9.17) is 4.74 Å². The van der Waals surface area contributed by atoms with Crippen LogP contribution in [0.4, 0.5) is 0 Å². The molecule has 0 N–H and O–H groups in total. The number of rotatable bonds is 1. The third kappa shape index (κ3) is 2.58. The molecule has 10 heavy (non-hydrogen) atoms. The summed E-state index contributed by atoms with van der Waals surface area (Å²) in [7, 11) is 1.66. The molecule has 0 amide bonds. The third-order valence-corrected chi connectivity index (χ3v) is 1.58. The van der Waals surface area contributed by atoms with E-state index in [2.05, 4.69) is 15.9 Å². The molecule has 0 aliphatic heterocycles. The minimum absolute atomic E-state index is 0. The van der Waals surface area contributed by atoms with E-state index in [1.807, 2.05) is 24.3 Å². The molecule has 1 rings (SSSR count). The molecule has 0 saturated heterocycles. The van der Waals surface area contributed by atoms with Crippen molar-refractivity contribution >= 4 is 28.3 Å². The van der Waals surface area contributed by atoms with Gasteiger partial charge in [0.1, 0.15) is 5.75 Å². The van der Waals surface area contributed by atoms with Crippen LogP contribution in [-0.4, -0.2) is 7.11 Å². The number of hydrogen-bond donors (Lipinski definition) is 0. The molecular formula is C7H8BrClO. The number of halogens is 2. The monoisotopic (exact) mass is 222 g/mol. The second-order valence-corrected chi connectivity index (χ2v) is 2.57. The predicted molar refractivity (Wildman–Crippen MR) is 47.9 cm³/mol. The molecule has 0 radical (unpaired) electrons. The lowest BCUT2D eigenvalue weighted by Crippen LogP contribution is -1.79. The molecule has 0 aliphatic rings. The van der Waals surface area contributed by atoms with Gasteiger partial charge in [0.05, 0.1) is 7.11 Å². The van der Waals surface area contributed by atoms with Crippen LogP contribution >= 0.6 is 28.3 Å². The van der Waals surface area contributed by atoms with Gasteiger partial charge in [0.15, 0.2) is 0 Å². The van der Waals surface area contributed by atoms with Gasteiger partial charge in [-0.15, -0.1) is 12.4 Å². The first kappa shape index (κ1) is 9.79. The highest BCUT2D eigenvalue weighted by Crippen LogP contribution is 2.14. The van der Waals surface area contributed by atoms with E-state index < -0.39 is 0 Å². The van der Waals surface area contributed by atoms with Crippen molar-refractivity contribution in [2.75, 3.05) is 7.11 Å². The second-order valence-electron chi connectivity index (χ2n) is 1.66. The van der Waals surface area contributed by atoms with Crippen molar-refractivity contribution < 1.29 is 4.74 Å². The van der Waals surface area contributed by atoms with E-state index in [9.17, 15) is 0 Å². The van der Waals surface area contributed by atoms with Gasteiger partial charge < -0.3 is 4.74 Å². The average Bonchev–Trinajstić information content (AvgIpc) is 1.90. The lowest BCUT2D eigenvalue weighted by Gasteiger charge is -1.96. The van der Waals surface area contributed by atoms with Crippen molar-refractivity contribution in [1.82, 2.24) is 0 Å². The summed E-state index contributed by atoms with van der Waals surface area (Å²) >= 11 is 3.32. The molecule has 0 saturated carbocycles. The van der Waals surface area contributed by atoms with E-state index in [1.165, 1.54) is 0 Å². The van der Waals surface area contributed by atoms with Gasteiger partial charge in [-0.05, 0) is 24.3 Å². The van der Waals surface area contributed by atoms with Crippen LogP contribution in [0.3, 0.4) is 0 Å². The summed E-state index contributed by atoms with van der Waals surface area (Å²) in [5.74, 6) is 0.887. The van der Waals surface area contributed by atoms with Gasteiger partial charge in [-0.25, -0.2) is 0 Å². The molecule has 0 unspecified atom stereocenters. The summed E-state index contributed by atoms with van der Waals surface area (Å²) in [6, 6.07) is 7.70. The zero-order valence-electron chi connectivity index (χ0n) is 5.50. The summed E-state index contributed by atoms with van der Waals surface area (Å²) < 4.78 is 6.02. The van der Waals surface area contributed by atoms with Crippen molar-refractivity contribution in [1.29, 1.82) is 0 Å². The quantitative estimate of drug-likeness (QED) is 0.711. The Kier molecular flexibility index (Phi) is 4.49. The van der Waals surface area contributed by atoms with Gasteiger partial charge in [0.2, 0.25) is 0 Å². The minimum Gasteiger partial charge on any atom is -0.497 e. The number of ether oxygens (including phenoxy) is 1. The number of hydrogen-bond acceptors (Lipinski definition) is 1. The Balaban J connectivity index is 0.000000810. The maximum atomic E-state index is 4.95. The molecule has 56 valence electrons. The lowest BCUT2D eigenvalue weighted by molar-refractivity contribution is 0.414. The predicted octanol–water partition coefficient (Wildman–Crippen LogP) is 2.88. The minimum atomic E-state index is 0. The Morgan fingerprint density at radius 1 is 1.20 bits per heavy atom. The standard InChI is InChI=1S/C7H7BrO.ClH/c1-9-7-4-2-6(8)3-5-7;/h2-5H,1H3;1H. The Morgan fingerprint density at radius 2 is 1.70 bits per heavy atom. The first-order chi connectivity index (χ1) is 4.33. The van der Waals surface area contributed by atoms with Crippen LogP contribution in [0, 0.1) is 0 Å².